The van der Waals surface area contributed by atoms with Gasteiger partial charge in [-0.25, -0.2) is 0 Å². The Balaban J connectivity index is 1.92. The van der Waals surface area contributed by atoms with Crippen molar-refractivity contribution in [2.45, 2.75) is 30.7 Å². The van der Waals surface area contributed by atoms with Crippen LogP contribution in [-0.4, -0.2) is 5.60 Å². The molecule has 1 aromatic carbocycles. The second-order valence-corrected chi connectivity index (χ2v) is 9.17. The average Bonchev–Trinajstić information content (AvgIpc) is 2.88. The molecule has 0 saturated carbocycles. The summed E-state index contributed by atoms with van der Waals surface area (Å²) >= 11 is 7.96. The Labute approximate surface area is 139 Å². The van der Waals surface area contributed by atoms with Crippen LogP contribution in [-0.2, 0) is 6.42 Å². The Morgan fingerprint density at radius 3 is 2.79 bits per heavy atom. The van der Waals surface area contributed by atoms with Gasteiger partial charge < -0.3 is 4.74 Å². The van der Waals surface area contributed by atoms with Crippen molar-refractivity contribution in [1.29, 1.82) is 0 Å². The molecule has 0 saturated heterocycles. The van der Waals surface area contributed by atoms with Crippen LogP contribution in [0.4, 0.5) is 0 Å². The fraction of sp³-hybridized carbons (Fsp3) is 0.333. The molecule has 0 radical (unpaired) electrons. The second kappa shape index (κ2) is 5.04. The molecule has 1 aromatic heterocycles. The van der Waals surface area contributed by atoms with E-state index in [9.17, 15) is 0 Å². The minimum absolute atomic E-state index is 0.0689. The van der Waals surface area contributed by atoms with Crippen LogP contribution < -0.4 is 4.74 Å². The van der Waals surface area contributed by atoms with Gasteiger partial charge in [-0.05, 0) is 70.6 Å². The smallest absolute Gasteiger partial charge is 0.123 e. The zero-order chi connectivity index (χ0) is 13.6. The molecule has 1 aliphatic heterocycles. The molecule has 1 atom stereocenters. The molecule has 3 rings (SSSR count). The molecular formula is C15H14BrIOS. The van der Waals surface area contributed by atoms with Crippen LogP contribution in [0.2, 0.25) is 0 Å². The highest BCUT2D eigenvalue weighted by atomic mass is 127. The molecule has 2 heterocycles. The fourth-order valence-electron chi connectivity index (χ4n) is 2.44. The van der Waals surface area contributed by atoms with Gasteiger partial charge in [0, 0.05) is 6.42 Å². The van der Waals surface area contributed by atoms with Crippen molar-refractivity contribution >= 4 is 49.9 Å². The van der Waals surface area contributed by atoms with Crippen LogP contribution in [0, 0.1) is 2.88 Å². The molecule has 19 heavy (non-hydrogen) atoms. The van der Waals surface area contributed by atoms with Gasteiger partial charge in [0.2, 0.25) is 0 Å². The Bertz CT molecular complexity index is 620. The van der Waals surface area contributed by atoms with E-state index in [1.54, 1.807) is 11.3 Å². The molecule has 0 amide bonds. The lowest BCUT2D eigenvalue weighted by Gasteiger charge is -2.16. The quantitative estimate of drug-likeness (QED) is 0.432. The largest absolute Gasteiger partial charge is 0.487 e. The average molecular weight is 449 g/mol. The first-order valence-corrected chi connectivity index (χ1v) is 9.02. The highest BCUT2D eigenvalue weighted by Gasteiger charge is 2.30. The molecular weight excluding hydrogens is 435 g/mol. The van der Waals surface area contributed by atoms with Gasteiger partial charge in [-0.2, -0.15) is 0 Å². The predicted molar refractivity (Wildman–Crippen MR) is 92.7 cm³/mol. The maximum Gasteiger partial charge on any atom is 0.123 e. The minimum Gasteiger partial charge on any atom is -0.487 e. The van der Waals surface area contributed by atoms with E-state index in [0.29, 0.717) is 0 Å². The number of rotatable bonds is 2. The number of fused-ring (bicyclic) bond motifs is 1. The zero-order valence-corrected chi connectivity index (χ0v) is 15.3. The molecule has 0 spiro atoms. The summed E-state index contributed by atoms with van der Waals surface area (Å²) in [6.45, 7) is 4.28. The number of ether oxygens (including phenoxy) is 1. The third-order valence-corrected chi connectivity index (χ3v) is 6.12. The molecule has 0 aliphatic carbocycles. The van der Waals surface area contributed by atoms with E-state index in [1.807, 2.05) is 0 Å². The summed E-state index contributed by atoms with van der Waals surface area (Å²) in [6, 6.07) is 8.77. The number of halogens is 2. The molecule has 1 unspecified atom stereocenters. The first kappa shape index (κ1) is 13.9. The van der Waals surface area contributed by atoms with E-state index in [1.165, 1.54) is 19.6 Å². The Hall–Kier alpha value is -0.0700. The summed E-state index contributed by atoms with van der Waals surface area (Å²) in [7, 11) is 0. The summed E-state index contributed by atoms with van der Waals surface area (Å²) in [4.78, 5) is 0.265. The number of hydrogen-bond donors (Lipinski definition) is 0. The van der Waals surface area contributed by atoms with Gasteiger partial charge in [0.05, 0.1) is 7.71 Å². The molecule has 0 bridgehead atoms. The Morgan fingerprint density at radius 1 is 1.32 bits per heavy atom. The molecule has 1 nitrogen and oxygen atoms in total. The van der Waals surface area contributed by atoms with Crippen molar-refractivity contribution in [3.63, 3.8) is 0 Å². The van der Waals surface area contributed by atoms with Crippen LogP contribution in [0.5, 0.6) is 5.75 Å². The van der Waals surface area contributed by atoms with E-state index in [4.69, 9.17) is 4.74 Å². The van der Waals surface area contributed by atoms with Crippen LogP contribution in [0.15, 0.2) is 29.6 Å². The number of thiophene rings is 1. The maximum absolute atomic E-state index is 5.92. The number of alkyl halides is 1. The summed E-state index contributed by atoms with van der Waals surface area (Å²) < 4.78 is 7.25. The van der Waals surface area contributed by atoms with Crippen LogP contribution in [0.25, 0.3) is 0 Å². The molecule has 0 fully saturated rings. The summed E-state index contributed by atoms with van der Waals surface area (Å²) in [5.41, 5.74) is 3.87. The van der Waals surface area contributed by atoms with Crippen molar-refractivity contribution < 1.29 is 4.74 Å². The van der Waals surface area contributed by atoms with Crippen molar-refractivity contribution in [3.05, 3.63) is 49.2 Å². The van der Waals surface area contributed by atoms with Crippen LogP contribution in [0.3, 0.4) is 0 Å². The standard InChI is InChI=1S/C15H14BrIOS/c1-15(2)7-10-5-9(3-4-12(10)18-15)14(16)11-6-13(17)19-8-11/h3-6,8,14H,7H2,1-2H3. The van der Waals surface area contributed by atoms with Crippen molar-refractivity contribution in [1.82, 2.24) is 0 Å². The van der Waals surface area contributed by atoms with E-state index in [2.05, 4.69) is 82.0 Å². The van der Waals surface area contributed by atoms with Gasteiger partial charge in [-0.1, -0.05) is 28.1 Å². The van der Waals surface area contributed by atoms with Crippen LogP contribution in [0.1, 0.15) is 35.4 Å². The summed E-state index contributed by atoms with van der Waals surface area (Å²) in [5.74, 6) is 1.04. The van der Waals surface area contributed by atoms with Crippen LogP contribution >= 0.6 is 49.9 Å². The second-order valence-electron chi connectivity index (χ2n) is 5.45. The van der Waals surface area contributed by atoms with Gasteiger partial charge in [0.25, 0.3) is 0 Å². The van der Waals surface area contributed by atoms with Gasteiger partial charge in [0.15, 0.2) is 0 Å². The van der Waals surface area contributed by atoms with Gasteiger partial charge in [-0.3, -0.25) is 0 Å². The monoisotopic (exact) mass is 448 g/mol. The summed E-state index contributed by atoms with van der Waals surface area (Å²) in [6.07, 6.45) is 0.983. The molecule has 4 heteroatoms. The van der Waals surface area contributed by atoms with Gasteiger partial charge in [0.1, 0.15) is 11.4 Å². The first-order chi connectivity index (χ1) is 8.94. The van der Waals surface area contributed by atoms with Crippen molar-refractivity contribution in [2.24, 2.45) is 0 Å². The Kier molecular flexibility index (Phi) is 3.69. The van der Waals surface area contributed by atoms with Gasteiger partial charge >= 0.3 is 0 Å². The van der Waals surface area contributed by atoms with Crippen molar-refractivity contribution in [3.8, 4) is 5.75 Å². The van der Waals surface area contributed by atoms with E-state index in [-0.39, 0.29) is 10.4 Å². The molecule has 0 N–H and O–H groups in total. The zero-order valence-electron chi connectivity index (χ0n) is 10.7. The predicted octanol–water partition coefficient (Wildman–Crippen LogP) is 5.55. The van der Waals surface area contributed by atoms with Crippen molar-refractivity contribution in [2.75, 3.05) is 0 Å². The lowest BCUT2D eigenvalue weighted by molar-refractivity contribution is 0.138. The Morgan fingerprint density at radius 2 is 2.11 bits per heavy atom. The molecule has 100 valence electrons. The first-order valence-electron chi connectivity index (χ1n) is 6.14. The van der Waals surface area contributed by atoms with E-state index < -0.39 is 0 Å². The minimum atomic E-state index is -0.0689. The van der Waals surface area contributed by atoms with E-state index in [0.717, 1.165) is 12.2 Å². The maximum atomic E-state index is 5.92. The third-order valence-electron chi connectivity index (χ3n) is 3.26. The number of hydrogen-bond acceptors (Lipinski definition) is 2. The topological polar surface area (TPSA) is 9.23 Å². The summed E-state index contributed by atoms with van der Waals surface area (Å²) in [5, 5.41) is 2.22. The highest BCUT2D eigenvalue weighted by molar-refractivity contribution is 14.1. The highest BCUT2D eigenvalue weighted by Crippen LogP contribution is 2.40. The lowest BCUT2D eigenvalue weighted by atomic mass is 9.98. The normalized spacial score (nSPS) is 17.9. The number of benzene rings is 1. The van der Waals surface area contributed by atoms with E-state index >= 15 is 0 Å². The lowest BCUT2D eigenvalue weighted by Crippen LogP contribution is -2.24. The SMILES string of the molecule is CC1(C)Cc2cc(C(Br)c3csc(I)c3)ccc2O1. The van der Waals surface area contributed by atoms with Gasteiger partial charge in [-0.15, -0.1) is 11.3 Å². The molecule has 1 aliphatic rings. The fourth-order valence-corrected chi connectivity index (χ4v) is 4.56. The third kappa shape index (κ3) is 2.85. The molecule has 2 aromatic rings.